The molecule has 1 amide bonds. The maximum Gasteiger partial charge on any atom is 0.246 e. The third kappa shape index (κ3) is 7.19. The number of nitrogens with zero attached hydrogens (tertiary/aromatic N) is 1. The van der Waals surface area contributed by atoms with Gasteiger partial charge in [-0.05, 0) is 81.8 Å². The summed E-state index contributed by atoms with van der Waals surface area (Å²) < 4.78 is 6.05. The summed E-state index contributed by atoms with van der Waals surface area (Å²) in [4.78, 5) is 14.7. The van der Waals surface area contributed by atoms with E-state index in [1.54, 1.807) is 0 Å². The van der Waals surface area contributed by atoms with Crippen molar-refractivity contribution in [2.75, 3.05) is 32.8 Å². The van der Waals surface area contributed by atoms with E-state index in [-0.39, 0.29) is 18.6 Å². The molecule has 2 aliphatic rings. The highest BCUT2D eigenvalue weighted by molar-refractivity contribution is 5.77. The molecule has 2 rings (SSSR count). The molecule has 0 spiro atoms. The van der Waals surface area contributed by atoms with Crippen molar-refractivity contribution in [3.8, 4) is 0 Å². The van der Waals surface area contributed by atoms with E-state index in [1.165, 1.54) is 51.7 Å². The van der Waals surface area contributed by atoms with E-state index in [4.69, 9.17) is 4.74 Å². The van der Waals surface area contributed by atoms with E-state index in [2.05, 4.69) is 37.9 Å². The fraction of sp³-hybridized carbons (Fsp3) is 0.955. The Morgan fingerprint density at radius 2 is 1.92 bits per heavy atom. The Labute approximate surface area is 161 Å². The number of amides is 1. The monoisotopic (exact) mass is 366 g/mol. The predicted molar refractivity (Wildman–Crippen MR) is 108 cm³/mol. The highest BCUT2D eigenvalue weighted by atomic mass is 16.5. The predicted octanol–water partition coefficient (Wildman–Crippen LogP) is 4.09. The number of hydrogen-bond acceptors (Lipinski definition) is 3. The van der Waals surface area contributed by atoms with Crippen LogP contribution in [-0.2, 0) is 9.53 Å². The quantitative estimate of drug-likeness (QED) is 0.668. The lowest BCUT2D eigenvalue weighted by atomic mass is 9.75. The largest absolute Gasteiger partial charge is 0.368 e. The minimum atomic E-state index is 0.0640. The van der Waals surface area contributed by atoms with Crippen molar-refractivity contribution in [1.29, 1.82) is 0 Å². The number of ether oxygens (including phenoxy) is 1. The lowest BCUT2D eigenvalue weighted by Crippen LogP contribution is -2.38. The molecule has 1 aliphatic heterocycles. The third-order valence-electron chi connectivity index (χ3n) is 6.51. The zero-order chi connectivity index (χ0) is 18.9. The first-order chi connectivity index (χ1) is 12.5. The maximum atomic E-state index is 12.2. The molecular weight excluding hydrogens is 324 g/mol. The van der Waals surface area contributed by atoms with Gasteiger partial charge in [-0.3, -0.25) is 4.79 Å². The van der Waals surface area contributed by atoms with E-state index >= 15 is 0 Å². The average molecular weight is 367 g/mol. The van der Waals surface area contributed by atoms with Crippen molar-refractivity contribution in [2.45, 2.75) is 78.7 Å². The van der Waals surface area contributed by atoms with E-state index in [0.717, 1.165) is 31.2 Å². The van der Waals surface area contributed by atoms with Gasteiger partial charge in [0.1, 0.15) is 6.61 Å². The molecule has 1 heterocycles. The summed E-state index contributed by atoms with van der Waals surface area (Å²) in [6.45, 7) is 13.8. The maximum absolute atomic E-state index is 12.2. The summed E-state index contributed by atoms with van der Waals surface area (Å²) in [7, 11) is 0. The van der Waals surface area contributed by atoms with Crippen LogP contribution in [-0.4, -0.2) is 49.7 Å². The van der Waals surface area contributed by atoms with Gasteiger partial charge in [0.2, 0.25) is 5.91 Å². The normalized spacial score (nSPS) is 28.4. The Morgan fingerprint density at radius 1 is 1.19 bits per heavy atom. The van der Waals surface area contributed by atoms with Gasteiger partial charge in [0.05, 0.1) is 6.10 Å². The van der Waals surface area contributed by atoms with Crippen LogP contribution < -0.4 is 5.32 Å². The molecule has 0 bridgehead atoms. The molecule has 1 saturated heterocycles. The fourth-order valence-electron chi connectivity index (χ4n) is 4.77. The molecule has 1 N–H and O–H groups in total. The van der Waals surface area contributed by atoms with E-state index in [0.29, 0.717) is 11.8 Å². The lowest BCUT2D eigenvalue weighted by Gasteiger charge is -2.37. The topological polar surface area (TPSA) is 41.6 Å². The second-order valence-corrected chi connectivity index (χ2v) is 9.10. The van der Waals surface area contributed by atoms with Crippen LogP contribution >= 0.6 is 0 Å². The van der Waals surface area contributed by atoms with E-state index in [1.807, 2.05) is 0 Å². The molecule has 3 atom stereocenters. The van der Waals surface area contributed by atoms with E-state index in [9.17, 15) is 4.79 Å². The smallest absolute Gasteiger partial charge is 0.246 e. The van der Waals surface area contributed by atoms with Crippen LogP contribution in [0.4, 0.5) is 0 Å². The summed E-state index contributed by atoms with van der Waals surface area (Å²) in [5, 5.41) is 3.08. The second kappa shape index (κ2) is 11.3. The number of piperidine rings is 1. The Balaban J connectivity index is 1.60. The number of likely N-dealkylation sites (tertiary alicyclic amines) is 1. The summed E-state index contributed by atoms with van der Waals surface area (Å²) in [5.74, 6) is 2.79. The van der Waals surface area contributed by atoms with Crippen LogP contribution in [0.5, 0.6) is 0 Å². The fourth-order valence-corrected chi connectivity index (χ4v) is 4.77. The Hall–Kier alpha value is -0.610. The van der Waals surface area contributed by atoms with Crippen LogP contribution in [0.2, 0.25) is 0 Å². The van der Waals surface area contributed by atoms with Gasteiger partial charge in [-0.15, -0.1) is 0 Å². The van der Waals surface area contributed by atoms with Gasteiger partial charge in [0.15, 0.2) is 0 Å². The first kappa shape index (κ1) is 21.7. The standard InChI is InChI=1S/C22H42N2O2/c1-5-12-24-13-9-19(10-14-24)8-11-23-22(25)16-26-21-15-18(4)6-7-20(21)17(2)3/h17-21H,5-16H2,1-4H3,(H,23,25). The number of hydrogen-bond donors (Lipinski definition) is 1. The summed E-state index contributed by atoms with van der Waals surface area (Å²) >= 11 is 0. The van der Waals surface area contributed by atoms with Crippen molar-refractivity contribution in [2.24, 2.45) is 23.7 Å². The molecular formula is C22H42N2O2. The number of rotatable bonds is 9. The minimum absolute atomic E-state index is 0.0640. The first-order valence-corrected chi connectivity index (χ1v) is 11.1. The molecule has 0 aromatic heterocycles. The molecule has 4 nitrogen and oxygen atoms in total. The van der Waals surface area contributed by atoms with Crippen molar-refractivity contribution in [1.82, 2.24) is 10.2 Å². The van der Waals surface area contributed by atoms with Gasteiger partial charge in [-0.2, -0.15) is 0 Å². The summed E-state index contributed by atoms with van der Waals surface area (Å²) in [5.41, 5.74) is 0. The van der Waals surface area contributed by atoms with Crippen LogP contribution in [0.3, 0.4) is 0 Å². The van der Waals surface area contributed by atoms with Gasteiger partial charge < -0.3 is 15.0 Å². The molecule has 0 aromatic rings. The van der Waals surface area contributed by atoms with Crippen LogP contribution in [0.1, 0.15) is 72.6 Å². The zero-order valence-electron chi connectivity index (χ0n) is 17.6. The highest BCUT2D eigenvalue weighted by Gasteiger charge is 2.31. The molecule has 3 unspecified atom stereocenters. The van der Waals surface area contributed by atoms with Crippen molar-refractivity contribution < 1.29 is 9.53 Å². The Kier molecular flexibility index (Phi) is 9.41. The highest BCUT2D eigenvalue weighted by Crippen LogP contribution is 2.35. The summed E-state index contributed by atoms with van der Waals surface area (Å²) in [6.07, 6.45) is 8.82. The van der Waals surface area contributed by atoms with Gasteiger partial charge in [0, 0.05) is 6.54 Å². The Morgan fingerprint density at radius 3 is 2.58 bits per heavy atom. The Bertz CT molecular complexity index is 405. The van der Waals surface area contributed by atoms with Gasteiger partial charge in [-0.1, -0.05) is 34.1 Å². The van der Waals surface area contributed by atoms with Crippen LogP contribution in [0.25, 0.3) is 0 Å². The van der Waals surface area contributed by atoms with Gasteiger partial charge >= 0.3 is 0 Å². The minimum Gasteiger partial charge on any atom is -0.368 e. The molecule has 26 heavy (non-hydrogen) atoms. The number of carbonyl (C=O) groups is 1. The second-order valence-electron chi connectivity index (χ2n) is 9.10. The number of carbonyl (C=O) groups excluding carboxylic acids is 1. The first-order valence-electron chi connectivity index (χ1n) is 11.1. The van der Waals surface area contributed by atoms with Crippen LogP contribution in [0.15, 0.2) is 0 Å². The molecule has 0 radical (unpaired) electrons. The molecule has 152 valence electrons. The molecule has 1 aliphatic carbocycles. The molecule has 4 heteroatoms. The molecule has 1 saturated carbocycles. The van der Waals surface area contributed by atoms with Crippen molar-refractivity contribution in [3.63, 3.8) is 0 Å². The SMILES string of the molecule is CCCN1CCC(CCNC(=O)COC2CC(C)CCC2C(C)C)CC1. The zero-order valence-corrected chi connectivity index (χ0v) is 17.6. The van der Waals surface area contributed by atoms with Crippen LogP contribution in [0, 0.1) is 23.7 Å². The van der Waals surface area contributed by atoms with Crippen molar-refractivity contribution >= 4 is 5.91 Å². The van der Waals surface area contributed by atoms with Gasteiger partial charge in [-0.25, -0.2) is 0 Å². The lowest BCUT2D eigenvalue weighted by molar-refractivity contribution is -0.131. The van der Waals surface area contributed by atoms with Crippen molar-refractivity contribution in [3.05, 3.63) is 0 Å². The average Bonchev–Trinajstić information content (AvgIpc) is 2.61. The molecule has 2 fully saturated rings. The van der Waals surface area contributed by atoms with E-state index < -0.39 is 0 Å². The third-order valence-corrected chi connectivity index (χ3v) is 6.51. The van der Waals surface area contributed by atoms with Gasteiger partial charge in [0.25, 0.3) is 0 Å². The molecule has 0 aromatic carbocycles. The number of nitrogens with one attached hydrogen (secondary N) is 1. The summed E-state index contributed by atoms with van der Waals surface area (Å²) in [6, 6.07) is 0.